The van der Waals surface area contributed by atoms with Crippen LogP contribution >= 0.6 is 34.2 Å². The summed E-state index contributed by atoms with van der Waals surface area (Å²) in [6.07, 6.45) is 0. The van der Waals surface area contributed by atoms with Gasteiger partial charge in [-0.05, 0) is 52.9 Å². The van der Waals surface area contributed by atoms with Crippen LogP contribution in [0.25, 0.3) is 0 Å². The lowest BCUT2D eigenvalue weighted by atomic mass is 10.0. The first kappa shape index (κ1) is 12.5. The van der Waals surface area contributed by atoms with Gasteiger partial charge in [0.15, 0.2) is 5.78 Å². The Labute approximate surface area is 117 Å². The highest BCUT2D eigenvalue weighted by atomic mass is 127. The molecule has 0 aliphatic heterocycles. The fourth-order valence-electron chi connectivity index (χ4n) is 1.46. The van der Waals surface area contributed by atoms with Crippen LogP contribution in [0.1, 0.15) is 15.9 Å². The van der Waals surface area contributed by atoms with E-state index < -0.39 is 0 Å². The Kier molecular flexibility index (Phi) is 3.79. The van der Waals surface area contributed by atoms with E-state index in [0.717, 1.165) is 0 Å². The second-order valence-electron chi connectivity index (χ2n) is 3.46. The first-order valence-electron chi connectivity index (χ1n) is 4.83. The van der Waals surface area contributed by atoms with Crippen molar-refractivity contribution in [2.45, 2.75) is 0 Å². The smallest absolute Gasteiger partial charge is 0.194 e. The van der Waals surface area contributed by atoms with Crippen LogP contribution in [0.2, 0.25) is 5.02 Å². The predicted molar refractivity (Wildman–Crippen MR) is 74.0 cm³/mol. The third-order valence-electron chi connectivity index (χ3n) is 2.26. The van der Waals surface area contributed by atoms with Gasteiger partial charge in [0.1, 0.15) is 5.82 Å². The first-order valence-corrected chi connectivity index (χ1v) is 6.29. The molecule has 0 amide bonds. The SMILES string of the molecule is O=C(c1cccc(Cl)c1)c1ccc(F)cc1I. The van der Waals surface area contributed by atoms with Crippen molar-refractivity contribution in [3.8, 4) is 0 Å². The number of rotatable bonds is 2. The fourth-order valence-corrected chi connectivity index (χ4v) is 2.37. The Balaban J connectivity index is 2.44. The molecule has 0 bridgehead atoms. The summed E-state index contributed by atoms with van der Waals surface area (Å²) in [7, 11) is 0. The quantitative estimate of drug-likeness (QED) is 0.576. The summed E-state index contributed by atoms with van der Waals surface area (Å²) in [5.74, 6) is -0.506. The second-order valence-corrected chi connectivity index (χ2v) is 5.06. The highest BCUT2D eigenvalue weighted by Gasteiger charge is 2.13. The molecule has 0 atom stereocenters. The van der Waals surface area contributed by atoms with Crippen LogP contribution in [0.3, 0.4) is 0 Å². The molecule has 4 heteroatoms. The average Bonchev–Trinajstić information content (AvgIpc) is 2.28. The minimum Gasteiger partial charge on any atom is -0.289 e. The van der Waals surface area contributed by atoms with E-state index in [2.05, 4.69) is 0 Å². The zero-order valence-corrected chi connectivity index (χ0v) is 11.5. The molecule has 1 nitrogen and oxygen atoms in total. The second kappa shape index (κ2) is 5.14. The van der Waals surface area contributed by atoms with Crippen molar-refractivity contribution in [1.29, 1.82) is 0 Å². The molecule has 0 spiro atoms. The van der Waals surface area contributed by atoms with Crippen LogP contribution in [0, 0.1) is 9.39 Å². The molecule has 0 unspecified atom stereocenters. The summed E-state index contributed by atoms with van der Waals surface area (Å²) in [4.78, 5) is 12.1. The van der Waals surface area contributed by atoms with Crippen molar-refractivity contribution >= 4 is 40.0 Å². The van der Waals surface area contributed by atoms with Crippen LogP contribution in [-0.2, 0) is 0 Å². The van der Waals surface area contributed by atoms with Gasteiger partial charge in [-0.3, -0.25) is 4.79 Å². The third kappa shape index (κ3) is 2.84. The number of hydrogen-bond donors (Lipinski definition) is 0. The van der Waals surface area contributed by atoms with Crippen LogP contribution in [0.4, 0.5) is 4.39 Å². The molecule has 0 N–H and O–H groups in total. The molecular formula is C13H7ClFIO. The molecule has 2 aromatic carbocycles. The minimum atomic E-state index is -0.350. The van der Waals surface area contributed by atoms with Gasteiger partial charge in [-0.15, -0.1) is 0 Å². The van der Waals surface area contributed by atoms with E-state index in [1.165, 1.54) is 18.2 Å². The van der Waals surface area contributed by atoms with Crippen LogP contribution in [0.5, 0.6) is 0 Å². The zero-order valence-electron chi connectivity index (χ0n) is 8.58. The molecule has 86 valence electrons. The Bertz CT molecular complexity index is 583. The first-order chi connectivity index (χ1) is 8.08. The predicted octanol–water partition coefficient (Wildman–Crippen LogP) is 4.31. The van der Waals surface area contributed by atoms with Gasteiger partial charge in [0.05, 0.1) is 0 Å². The van der Waals surface area contributed by atoms with Gasteiger partial charge >= 0.3 is 0 Å². The molecule has 2 rings (SSSR count). The van der Waals surface area contributed by atoms with Gasteiger partial charge in [-0.2, -0.15) is 0 Å². The van der Waals surface area contributed by atoms with Gasteiger partial charge in [0.2, 0.25) is 0 Å². The van der Waals surface area contributed by atoms with Crippen LogP contribution in [0.15, 0.2) is 42.5 Å². The molecule has 0 radical (unpaired) electrons. The van der Waals surface area contributed by atoms with E-state index in [1.54, 1.807) is 24.3 Å². The molecular weight excluding hydrogens is 353 g/mol. The van der Waals surface area contributed by atoms with Crippen molar-refractivity contribution in [2.24, 2.45) is 0 Å². The lowest BCUT2D eigenvalue weighted by Gasteiger charge is -2.04. The van der Waals surface area contributed by atoms with Gasteiger partial charge in [-0.1, -0.05) is 23.7 Å². The van der Waals surface area contributed by atoms with E-state index in [-0.39, 0.29) is 11.6 Å². The topological polar surface area (TPSA) is 17.1 Å². The molecule has 0 saturated heterocycles. The number of halogens is 3. The number of hydrogen-bond acceptors (Lipinski definition) is 1. The highest BCUT2D eigenvalue weighted by Crippen LogP contribution is 2.19. The van der Waals surface area contributed by atoms with Crippen molar-refractivity contribution in [3.05, 3.63) is 68.0 Å². The minimum absolute atomic E-state index is 0.156. The molecule has 0 heterocycles. The number of benzene rings is 2. The molecule has 0 aliphatic carbocycles. The van der Waals surface area contributed by atoms with Crippen molar-refractivity contribution in [3.63, 3.8) is 0 Å². The number of carbonyl (C=O) groups excluding carboxylic acids is 1. The van der Waals surface area contributed by atoms with E-state index in [1.807, 2.05) is 22.6 Å². The van der Waals surface area contributed by atoms with E-state index in [9.17, 15) is 9.18 Å². The Morgan fingerprint density at radius 2 is 1.94 bits per heavy atom. The van der Waals surface area contributed by atoms with Crippen LogP contribution < -0.4 is 0 Å². The maximum Gasteiger partial charge on any atom is 0.194 e. The number of carbonyl (C=O) groups is 1. The molecule has 17 heavy (non-hydrogen) atoms. The highest BCUT2D eigenvalue weighted by molar-refractivity contribution is 14.1. The van der Waals surface area contributed by atoms with Gasteiger partial charge in [0, 0.05) is 19.7 Å². The third-order valence-corrected chi connectivity index (χ3v) is 3.39. The van der Waals surface area contributed by atoms with Crippen molar-refractivity contribution < 1.29 is 9.18 Å². The molecule has 0 saturated carbocycles. The summed E-state index contributed by atoms with van der Waals surface area (Å²) in [5, 5.41) is 0.507. The van der Waals surface area contributed by atoms with Crippen molar-refractivity contribution in [1.82, 2.24) is 0 Å². The summed E-state index contributed by atoms with van der Waals surface area (Å²) in [5.41, 5.74) is 0.983. The largest absolute Gasteiger partial charge is 0.289 e. The zero-order chi connectivity index (χ0) is 12.4. The lowest BCUT2D eigenvalue weighted by molar-refractivity contribution is 0.103. The molecule has 0 fully saturated rings. The Hall–Kier alpha value is -0.940. The maximum atomic E-state index is 12.9. The Morgan fingerprint density at radius 3 is 2.59 bits per heavy atom. The monoisotopic (exact) mass is 360 g/mol. The summed E-state index contributed by atoms with van der Waals surface area (Å²) < 4.78 is 13.5. The van der Waals surface area contributed by atoms with Crippen LogP contribution in [-0.4, -0.2) is 5.78 Å². The maximum absolute atomic E-state index is 12.9. The average molecular weight is 361 g/mol. The van der Waals surface area contributed by atoms with Crippen molar-refractivity contribution in [2.75, 3.05) is 0 Å². The van der Waals surface area contributed by atoms with E-state index >= 15 is 0 Å². The van der Waals surface area contributed by atoms with E-state index in [0.29, 0.717) is 19.7 Å². The summed E-state index contributed by atoms with van der Waals surface area (Å²) in [6.45, 7) is 0. The van der Waals surface area contributed by atoms with Gasteiger partial charge in [-0.25, -0.2) is 4.39 Å². The van der Waals surface area contributed by atoms with E-state index in [4.69, 9.17) is 11.6 Å². The Morgan fingerprint density at radius 1 is 1.18 bits per heavy atom. The summed E-state index contributed by atoms with van der Waals surface area (Å²) in [6, 6.07) is 10.8. The standard InChI is InChI=1S/C13H7ClFIO/c14-9-3-1-2-8(6-9)13(17)11-5-4-10(15)7-12(11)16/h1-7H. The lowest BCUT2D eigenvalue weighted by Crippen LogP contribution is -2.03. The molecule has 2 aromatic rings. The number of ketones is 1. The summed E-state index contributed by atoms with van der Waals surface area (Å²) >= 11 is 7.77. The van der Waals surface area contributed by atoms with Gasteiger partial charge < -0.3 is 0 Å². The molecule has 0 aliphatic rings. The fraction of sp³-hybridized carbons (Fsp3) is 0. The molecule has 0 aromatic heterocycles. The van der Waals surface area contributed by atoms with Gasteiger partial charge in [0.25, 0.3) is 0 Å². The normalized spacial score (nSPS) is 10.3.